The SMILES string of the molecule is O=C1NC(=O)[C@](CCc2ccccc2)(C2CCN(Cc3cccc(OCc4ccccc4)c3)CC2)N1. The molecule has 0 aliphatic carbocycles. The third kappa shape index (κ3) is 5.60. The number of ether oxygens (including phenoxy) is 1. The summed E-state index contributed by atoms with van der Waals surface area (Å²) in [7, 11) is 0. The minimum Gasteiger partial charge on any atom is -0.489 e. The van der Waals surface area contributed by atoms with E-state index < -0.39 is 5.54 Å². The van der Waals surface area contributed by atoms with Crippen LogP contribution in [-0.2, 0) is 24.4 Å². The minimum atomic E-state index is -0.829. The minimum absolute atomic E-state index is 0.115. The van der Waals surface area contributed by atoms with E-state index in [1.54, 1.807) is 0 Å². The van der Waals surface area contributed by atoms with Gasteiger partial charge in [-0.2, -0.15) is 0 Å². The Hall–Kier alpha value is -3.64. The van der Waals surface area contributed by atoms with Crippen molar-refractivity contribution in [1.29, 1.82) is 0 Å². The number of nitrogens with zero attached hydrogens (tertiary/aromatic N) is 1. The van der Waals surface area contributed by atoms with Crippen molar-refractivity contribution < 1.29 is 14.3 Å². The van der Waals surface area contributed by atoms with Crippen LogP contribution in [-0.4, -0.2) is 35.5 Å². The summed E-state index contributed by atoms with van der Waals surface area (Å²) in [6, 6.07) is 28.2. The number of aryl methyl sites for hydroxylation is 1. The molecule has 5 rings (SSSR count). The summed E-state index contributed by atoms with van der Waals surface area (Å²) in [4.78, 5) is 27.5. The van der Waals surface area contributed by atoms with Crippen LogP contribution in [0.15, 0.2) is 84.9 Å². The van der Waals surface area contributed by atoms with Crippen molar-refractivity contribution in [3.8, 4) is 5.75 Å². The second kappa shape index (κ2) is 11.0. The Morgan fingerprint density at radius 2 is 1.50 bits per heavy atom. The molecule has 36 heavy (non-hydrogen) atoms. The smallest absolute Gasteiger partial charge is 0.322 e. The van der Waals surface area contributed by atoms with Gasteiger partial charge in [0.25, 0.3) is 5.91 Å². The highest BCUT2D eigenvalue weighted by Crippen LogP contribution is 2.35. The summed E-state index contributed by atoms with van der Waals surface area (Å²) in [5.74, 6) is 0.811. The largest absolute Gasteiger partial charge is 0.489 e. The zero-order chi connectivity index (χ0) is 24.8. The van der Waals surface area contributed by atoms with E-state index >= 15 is 0 Å². The monoisotopic (exact) mass is 483 g/mol. The molecular formula is C30H33N3O3. The maximum Gasteiger partial charge on any atom is 0.322 e. The first-order valence-electron chi connectivity index (χ1n) is 12.8. The summed E-state index contributed by atoms with van der Waals surface area (Å²) in [6.07, 6.45) is 3.10. The zero-order valence-electron chi connectivity index (χ0n) is 20.5. The van der Waals surface area contributed by atoms with E-state index in [1.165, 1.54) is 11.1 Å². The molecular weight excluding hydrogens is 450 g/mol. The lowest BCUT2D eigenvalue weighted by atomic mass is 9.74. The summed E-state index contributed by atoms with van der Waals surface area (Å²) >= 11 is 0. The van der Waals surface area contributed by atoms with Crippen molar-refractivity contribution in [3.05, 3.63) is 102 Å². The molecule has 2 N–H and O–H groups in total. The number of carbonyl (C=O) groups excluding carboxylic acids is 2. The van der Waals surface area contributed by atoms with Gasteiger partial charge in [0.15, 0.2) is 0 Å². The molecule has 2 aliphatic rings. The number of nitrogens with one attached hydrogen (secondary N) is 2. The number of hydrogen-bond donors (Lipinski definition) is 2. The number of rotatable bonds is 9. The van der Waals surface area contributed by atoms with Crippen LogP contribution in [0.5, 0.6) is 5.75 Å². The van der Waals surface area contributed by atoms with Gasteiger partial charge in [0.05, 0.1) is 0 Å². The number of benzene rings is 3. The van der Waals surface area contributed by atoms with Gasteiger partial charge in [-0.15, -0.1) is 0 Å². The maximum absolute atomic E-state index is 13.0. The second-order valence-corrected chi connectivity index (χ2v) is 9.84. The lowest BCUT2D eigenvalue weighted by Gasteiger charge is -2.40. The zero-order valence-corrected chi connectivity index (χ0v) is 20.5. The molecule has 0 saturated carbocycles. The molecule has 0 radical (unpaired) electrons. The predicted octanol–water partition coefficient (Wildman–Crippen LogP) is 4.69. The standard InChI is InChI=1S/C30H33N3O3/c34-28-30(32-29(35)31-28,17-14-23-8-3-1-4-9-23)26-15-18-33(19-16-26)21-25-12-7-13-27(20-25)36-22-24-10-5-2-6-11-24/h1-13,20,26H,14-19,21-22H2,(H2,31,32,34,35)/t30-/m0/s1. The second-order valence-electron chi connectivity index (χ2n) is 9.84. The van der Waals surface area contributed by atoms with Crippen LogP contribution >= 0.6 is 0 Å². The normalized spacial score (nSPS) is 20.7. The van der Waals surface area contributed by atoms with Crippen molar-refractivity contribution in [2.45, 2.75) is 44.4 Å². The fourth-order valence-electron chi connectivity index (χ4n) is 5.48. The van der Waals surface area contributed by atoms with Crippen molar-refractivity contribution >= 4 is 11.9 Å². The van der Waals surface area contributed by atoms with Crippen molar-refractivity contribution in [1.82, 2.24) is 15.5 Å². The maximum atomic E-state index is 13.0. The van der Waals surface area contributed by atoms with E-state index in [2.05, 4.69) is 51.9 Å². The quantitative estimate of drug-likeness (QED) is 0.433. The Kier molecular flexibility index (Phi) is 7.33. The molecule has 3 aromatic carbocycles. The number of urea groups is 1. The predicted molar refractivity (Wildman–Crippen MR) is 139 cm³/mol. The third-order valence-corrected chi connectivity index (χ3v) is 7.46. The van der Waals surface area contributed by atoms with E-state index in [9.17, 15) is 9.59 Å². The van der Waals surface area contributed by atoms with Gasteiger partial charge in [-0.1, -0.05) is 72.8 Å². The lowest BCUT2D eigenvalue weighted by molar-refractivity contribution is -0.127. The fourth-order valence-corrected chi connectivity index (χ4v) is 5.48. The highest BCUT2D eigenvalue weighted by atomic mass is 16.5. The highest BCUT2D eigenvalue weighted by Gasteiger charge is 2.51. The fraction of sp³-hybridized carbons (Fsp3) is 0.333. The number of imide groups is 1. The van der Waals surface area contributed by atoms with Gasteiger partial charge in [0.2, 0.25) is 0 Å². The molecule has 2 fully saturated rings. The molecule has 3 aromatic rings. The molecule has 0 bridgehead atoms. The molecule has 1 atom stereocenters. The molecule has 6 heteroatoms. The van der Waals surface area contributed by atoms with Crippen LogP contribution in [0.4, 0.5) is 4.79 Å². The number of carbonyl (C=O) groups is 2. The van der Waals surface area contributed by atoms with Crippen LogP contribution in [0, 0.1) is 5.92 Å². The van der Waals surface area contributed by atoms with E-state index in [4.69, 9.17) is 4.74 Å². The number of piperidine rings is 1. The summed E-state index contributed by atoms with van der Waals surface area (Å²) < 4.78 is 6.00. The Morgan fingerprint density at radius 1 is 0.833 bits per heavy atom. The van der Waals surface area contributed by atoms with E-state index in [1.807, 2.05) is 48.5 Å². The summed E-state index contributed by atoms with van der Waals surface area (Å²) in [5, 5.41) is 5.53. The van der Waals surface area contributed by atoms with Crippen molar-refractivity contribution in [2.75, 3.05) is 13.1 Å². The summed E-state index contributed by atoms with van der Waals surface area (Å²) in [6.45, 7) is 3.16. The number of likely N-dealkylation sites (tertiary alicyclic amines) is 1. The van der Waals surface area contributed by atoms with Gasteiger partial charge >= 0.3 is 6.03 Å². The molecule has 2 aliphatic heterocycles. The molecule has 2 heterocycles. The molecule has 0 unspecified atom stereocenters. The third-order valence-electron chi connectivity index (χ3n) is 7.46. The first-order valence-corrected chi connectivity index (χ1v) is 12.8. The highest BCUT2D eigenvalue weighted by molar-refractivity contribution is 6.07. The van der Waals surface area contributed by atoms with E-state index in [0.717, 1.165) is 50.2 Å². The van der Waals surface area contributed by atoms with Gasteiger partial charge < -0.3 is 10.1 Å². The van der Waals surface area contributed by atoms with Crippen LogP contribution in [0.25, 0.3) is 0 Å². The van der Waals surface area contributed by atoms with Gasteiger partial charge in [-0.3, -0.25) is 15.0 Å². The topological polar surface area (TPSA) is 70.7 Å². The van der Waals surface area contributed by atoms with Gasteiger partial charge in [-0.25, -0.2) is 4.79 Å². The molecule has 0 aromatic heterocycles. The molecule has 3 amide bonds. The Morgan fingerprint density at radius 3 is 2.17 bits per heavy atom. The van der Waals surface area contributed by atoms with Crippen LogP contribution in [0.2, 0.25) is 0 Å². The lowest BCUT2D eigenvalue weighted by Crippen LogP contribution is -2.56. The molecule has 186 valence electrons. The molecule has 0 spiro atoms. The van der Waals surface area contributed by atoms with Gasteiger partial charge in [0.1, 0.15) is 17.9 Å². The van der Waals surface area contributed by atoms with Gasteiger partial charge in [-0.05, 0) is 73.5 Å². The Balaban J connectivity index is 1.18. The Labute approximate surface area is 212 Å². The van der Waals surface area contributed by atoms with E-state index in [0.29, 0.717) is 13.0 Å². The summed E-state index contributed by atoms with van der Waals surface area (Å²) in [5.41, 5.74) is 2.71. The first kappa shape index (κ1) is 24.1. The Bertz CT molecular complexity index is 1180. The molecule has 2 saturated heterocycles. The average molecular weight is 484 g/mol. The van der Waals surface area contributed by atoms with Gasteiger partial charge in [0, 0.05) is 6.54 Å². The average Bonchev–Trinajstić information content (AvgIpc) is 3.21. The first-order chi connectivity index (χ1) is 17.6. The van der Waals surface area contributed by atoms with Crippen molar-refractivity contribution in [2.24, 2.45) is 5.92 Å². The van der Waals surface area contributed by atoms with E-state index in [-0.39, 0.29) is 17.9 Å². The number of amides is 3. The van der Waals surface area contributed by atoms with Crippen molar-refractivity contribution in [3.63, 3.8) is 0 Å². The van der Waals surface area contributed by atoms with Crippen LogP contribution < -0.4 is 15.4 Å². The molecule has 6 nitrogen and oxygen atoms in total. The van der Waals surface area contributed by atoms with Crippen LogP contribution in [0.1, 0.15) is 36.0 Å². The number of hydrogen-bond acceptors (Lipinski definition) is 4. The van der Waals surface area contributed by atoms with Crippen LogP contribution in [0.3, 0.4) is 0 Å².